The summed E-state index contributed by atoms with van der Waals surface area (Å²) in [6, 6.07) is 0. The van der Waals surface area contributed by atoms with E-state index < -0.39 is 6.10 Å². The van der Waals surface area contributed by atoms with Gasteiger partial charge in [-0.05, 0) is 19.3 Å². The van der Waals surface area contributed by atoms with Crippen molar-refractivity contribution in [2.24, 2.45) is 0 Å². The van der Waals surface area contributed by atoms with Gasteiger partial charge in [0.2, 0.25) is 0 Å². The first-order valence-corrected chi connectivity index (χ1v) is 23.0. The van der Waals surface area contributed by atoms with Gasteiger partial charge in [-0.25, -0.2) is 0 Å². The van der Waals surface area contributed by atoms with Crippen LogP contribution in [0.2, 0.25) is 0 Å². The zero-order valence-electron chi connectivity index (χ0n) is 35.1. The van der Waals surface area contributed by atoms with E-state index in [1.807, 2.05) is 0 Å². The third-order valence-electron chi connectivity index (χ3n) is 10.4. The van der Waals surface area contributed by atoms with Crippen molar-refractivity contribution in [1.82, 2.24) is 0 Å². The number of hydrogen-bond donors (Lipinski definition) is 0. The van der Waals surface area contributed by atoms with Crippen molar-refractivity contribution in [3.8, 4) is 0 Å². The van der Waals surface area contributed by atoms with Gasteiger partial charge in [0.25, 0.3) is 0 Å². The summed E-state index contributed by atoms with van der Waals surface area (Å²) in [5, 5.41) is 0. The SMILES string of the molecule is CCCCCCCCCCCCCCCCC(=O)OC[C@@H](COC(=O)CCCCCCCCCCC)OC(=O)CCCCCCCCCCCCC. The summed E-state index contributed by atoms with van der Waals surface area (Å²) in [7, 11) is 0. The van der Waals surface area contributed by atoms with Gasteiger partial charge >= 0.3 is 17.9 Å². The minimum atomic E-state index is -0.757. The average molecular weight is 737 g/mol. The van der Waals surface area contributed by atoms with Gasteiger partial charge in [-0.1, -0.05) is 220 Å². The van der Waals surface area contributed by atoms with E-state index in [1.165, 1.54) is 161 Å². The van der Waals surface area contributed by atoms with Crippen LogP contribution in [-0.4, -0.2) is 37.2 Å². The molecule has 308 valence electrons. The Bertz CT molecular complexity index is 768. The molecule has 0 unspecified atom stereocenters. The fraction of sp³-hybridized carbons (Fsp3) is 0.935. The number of hydrogen-bond acceptors (Lipinski definition) is 6. The first kappa shape index (κ1) is 50.4. The molecule has 0 saturated carbocycles. The van der Waals surface area contributed by atoms with E-state index >= 15 is 0 Å². The number of carbonyl (C=O) groups is 3. The summed E-state index contributed by atoms with van der Waals surface area (Å²) >= 11 is 0. The Hall–Kier alpha value is -1.59. The van der Waals surface area contributed by atoms with Gasteiger partial charge in [0, 0.05) is 19.3 Å². The minimum absolute atomic E-state index is 0.0628. The van der Waals surface area contributed by atoms with E-state index in [1.54, 1.807) is 0 Å². The third-order valence-corrected chi connectivity index (χ3v) is 10.4. The number of rotatable bonds is 42. The molecule has 0 aliphatic rings. The first-order valence-electron chi connectivity index (χ1n) is 23.0. The molecule has 52 heavy (non-hydrogen) atoms. The molecular weight excluding hydrogens is 648 g/mol. The van der Waals surface area contributed by atoms with E-state index in [9.17, 15) is 14.4 Å². The second kappa shape index (κ2) is 42.2. The fourth-order valence-corrected chi connectivity index (χ4v) is 6.85. The molecule has 6 nitrogen and oxygen atoms in total. The molecule has 0 heterocycles. The van der Waals surface area contributed by atoms with Gasteiger partial charge in [-0.2, -0.15) is 0 Å². The summed E-state index contributed by atoms with van der Waals surface area (Å²) in [5.41, 5.74) is 0. The third kappa shape index (κ3) is 39.6. The molecule has 6 heteroatoms. The molecule has 0 N–H and O–H groups in total. The van der Waals surface area contributed by atoms with Gasteiger partial charge in [0.05, 0.1) is 0 Å². The molecule has 0 aliphatic heterocycles. The van der Waals surface area contributed by atoms with E-state index in [4.69, 9.17) is 14.2 Å². The Morgan fingerprint density at radius 1 is 0.308 bits per heavy atom. The van der Waals surface area contributed by atoms with Crippen molar-refractivity contribution in [2.75, 3.05) is 13.2 Å². The highest BCUT2D eigenvalue weighted by atomic mass is 16.6. The van der Waals surface area contributed by atoms with Crippen LogP contribution in [0.1, 0.15) is 258 Å². The molecule has 0 aromatic heterocycles. The Balaban J connectivity index is 4.29. The van der Waals surface area contributed by atoms with Crippen LogP contribution in [0.3, 0.4) is 0 Å². The van der Waals surface area contributed by atoms with Gasteiger partial charge in [-0.15, -0.1) is 0 Å². The molecule has 0 fully saturated rings. The zero-order chi connectivity index (χ0) is 38.0. The number of ether oxygens (including phenoxy) is 3. The molecule has 0 aromatic rings. The predicted molar refractivity (Wildman–Crippen MR) is 220 cm³/mol. The van der Waals surface area contributed by atoms with Crippen molar-refractivity contribution in [3.63, 3.8) is 0 Å². The maximum Gasteiger partial charge on any atom is 0.306 e. The molecule has 0 amide bonds. The summed E-state index contributed by atoms with van der Waals surface area (Å²) in [6.45, 7) is 6.63. The van der Waals surface area contributed by atoms with Crippen LogP contribution in [-0.2, 0) is 28.6 Å². The molecular formula is C46H88O6. The van der Waals surface area contributed by atoms with Crippen molar-refractivity contribution in [3.05, 3.63) is 0 Å². The monoisotopic (exact) mass is 737 g/mol. The van der Waals surface area contributed by atoms with Crippen LogP contribution in [0.4, 0.5) is 0 Å². The lowest BCUT2D eigenvalue weighted by Crippen LogP contribution is -2.30. The van der Waals surface area contributed by atoms with E-state index in [0.717, 1.165) is 57.8 Å². The quantitative estimate of drug-likeness (QED) is 0.0353. The van der Waals surface area contributed by atoms with Gasteiger partial charge in [0.1, 0.15) is 13.2 Å². The van der Waals surface area contributed by atoms with E-state index in [0.29, 0.717) is 19.3 Å². The predicted octanol–water partition coefficient (Wildman–Crippen LogP) is 14.5. The summed E-state index contributed by atoms with van der Waals surface area (Å²) in [5.74, 6) is -0.853. The number of unbranched alkanes of at least 4 members (excludes halogenated alkanes) is 31. The minimum Gasteiger partial charge on any atom is -0.462 e. The highest BCUT2D eigenvalue weighted by Crippen LogP contribution is 2.16. The molecule has 0 saturated heterocycles. The van der Waals surface area contributed by atoms with Crippen LogP contribution >= 0.6 is 0 Å². The Kier molecular flexibility index (Phi) is 40.9. The number of esters is 3. The summed E-state index contributed by atoms with van der Waals surface area (Å²) < 4.78 is 16.7. The largest absolute Gasteiger partial charge is 0.462 e. The highest BCUT2D eigenvalue weighted by Gasteiger charge is 2.19. The standard InChI is InChI=1S/C46H88O6/c1-4-7-10-13-16-19-21-22-23-25-27-30-33-36-39-45(48)51-42-43(41-50-44(47)38-35-32-29-26-18-15-12-9-6-3)52-46(49)40-37-34-31-28-24-20-17-14-11-8-5-2/h43H,4-42H2,1-3H3/t43-/m1/s1. The normalized spacial score (nSPS) is 11.8. The lowest BCUT2D eigenvalue weighted by atomic mass is 10.0. The lowest BCUT2D eigenvalue weighted by molar-refractivity contribution is -0.167. The van der Waals surface area contributed by atoms with Crippen LogP contribution < -0.4 is 0 Å². The van der Waals surface area contributed by atoms with Crippen molar-refractivity contribution in [1.29, 1.82) is 0 Å². The highest BCUT2D eigenvalue weighted by molar-refractivity contribution is 5.71. The van der Waals surface area contributed by atoms with Gasteiger partial charge in [-0.3, -0.25) is 14.4 Å². The molecule has 0 spiro atoms. The second-order valence-electron chi connectivity index (χ2n) is 15.7. The Labute approximate surface area is 323 Å². The second-order valence-corrected chi connectivity index (χ2v) is 15.7. The van der Waals surface area contributed by atoms with Crippen molar-refractivity contribution < 1.29 is 28.6 Å². The molecule has 0 bridgehead atoms. The van der Waals surface area contributed by atoms with E-state index in [2.05, 4.69) is 20.8 Å². The van der Waals surface area contributed by atoms with E-state index in [-0.39, 0.29) is 31.1 Å². The first-order chi connectivity index (χ1) is 25.5. The fourth-order valence-electron chi connectivity index (χ4n) is 6.85. The maximum atomic E-state index is 12.7. The lowest BCUT2D eigenvalue weighted by Gasteiger charge is -2.18. The van der Waals surface area contributed by atoms with Crippen molar-refractivity contribution >= 4 is 17.9 Å². The van der Waals surface area contributed by atoms with Crippen LogP contribution in [0.25, 0.3) is 0 Å². The molecule has 0 rings (SSSR count). The van der Waals surface area contributed by atoms with Crippen molar-refractivity contribution in [2.45, 2.75) is 264 Å². The van der Waals surface area contributed by atoms with Gasteiger partial charge < -0.3 is 14.2 Å². The Morgan fingerprint density at radius 3 is 0.769 bits per heavy atom. The average Bonchev–Trinajstić information content (AvgIpc) is 3.14. The molecule has 0 aromatic carbocycles. The molecule has 1 atom stereocenters. The smallest absolute Gasteiger partial charge is 0.306 e. The van der Waals surface area contributed by atoms with Crippen LogP contribution in [0.5, 0.6) is 0 Å². The molecule has 0 aliphatic carbocycles. The summed E-state index contributed by atoms with van der Waals surface area (Å²) in [4.78, 5) is 37.6. The zero-order valence-corrected chi connectivity index (χ0v) is 35.1. The summed E-state index contributed by atoms with van der Waals surface area (Å²) in [6.07, 6.45) is 42.2. The van der Waals surface area contributed by atoms with Crippen LogP contribution in [0.15, 0.2) is 0 Å². The maximum absolute atomic E-state index is 12.7. The Morgan fingerprint density at radius 2 is 0.519 bits per heavy atom. The number of carbonyl (C=O) groups excluding carboxylic acids is 3. The van der Waals surface area contributed by atoms with Crippen LogP contribution in [0, 0.1) is 0 Å². The van der Waals surface area contributed by atoms with Gasteiger partial charge in [0.15, 0.2) is 6.10 Å². The topological polar surface area (TPSA) is 78.9 Å². The molecule has 0 radical (unpaired) electrons.